The summed E-state index contributed by atoms with van der Waals surface area (Å²) in [6.45, 7) is 0.182. The lowest BCUT2D eigenvalue weighted by molar-refractivity contribution is 0.513. The summed E-state index contributed by atoms with van der Waals surface area (Å²) in [6, 6.07) is 9.31. The molecule has 9 heteroatoms. The molecule has 0 radical (unpaired) electrons. The highest BCUT2D eigenvalue weighted by molar-refractivity contribution is 7.89. The number of sulfonamides is 1. The second-order valence-corrected chi connectivity index (χ2v) is 8.60. The predicted molar refractivity (Wildman–Crippen MR) is 96.9 cm³/mol. The normalized spacial score (nSPS) is 12.2. The Kier molecular flexibility index (Phi) is 4.68. The first-order chi connectivity index (χ1) is 11.7. The number of aromatic nitrogens is 1. The van der Waals surface area contributed by atoms with Crippen LogP contribution in [-0.4, -0.2) is 31.4 Å². The predicted octanol–water partition coefficient (Wildman–Crippen LogP) is 3.20. The van der Waals surface area contributed by atoms with Crippen LogP contribution in [0, 0.1) is 0 Å². The molecule has 1 heterocycles. The van der Waals surface area contributed by atoms with Crippen LogP contribution >= 0.6 is 23.2 Å². The Bertz CT molecular complexity index is 1120. The van der Waals surface area contributed by atoms with Crippen LogP contribution in [0.3, 0.4) is 0 Å². The molecular weight excluding hydrogens is 387 g/mol. The van der Waals surface area contributed by atoms with Crippen LogP contribution in [0.15, 0.2) is 50.5 Å². The molecule has 0 aliphatic heterocycles. The quantitative estimate of drug-likeness (QED) is 0.673. The van der Waals surface area contributed by atoms with Crippen LogP contribution in [0.25, 0.3) is 11.1 Å². The molecule has 0 saturated heterocycles. The van der Waals surface area contributed by atoms with Crippen molar-refractivity contribution in [3.8, 4) is 0 Å². The van der Waals surface area contributed by atoms with Gasteiger partial charge in [-0.1, -0.05) is 29.3 Å². The van der Waals surface area contributed by atoms with Crippen LogP contribution in [0.5, 0.6) is 0 Å². The van der Waals surface area contributed by atoms with E-state index in [-0.39, 0.29) is 17.0 Å². The van der Waals surface area contributed by atoms with Gasteiger partial charge in [0.1, 0.15) is 0 Å². The van der Waals surface area contributed by atoms with E-state index in [1.165, 1.54) is 30.8 Å². The van der Waals surface area contributed by atoms with E-state index in [0.29, 0.717) is 21.1 Å². The maximum Gasteiger partial charge on any atom is 0.420 e. The molecule has 0 fully saturated rings. The number of hydrogen-bond donors (Lipinski definition) is 0. The Morgan fingerprint density at radius 3 is 2.48 bits per heavy atom. The van der Waals surface area contributed by atoms with Crippen molar-refractivity contribution in [3.05, 3.63) is 62.6 Å². The van der Waals surface area contributed by atoms with Crippen LogP contribution in [0.2, 0.25) is 10.0 Å². The molecule has 0 bridgehead atoms. The zero-order valence-electron chi connectivity index (χ0n) is 13.4. The summed E-state index contributed by atoms with van der Waals surface area (Å²) in [4.78, 5) is 12.2. The van der Waals surface area contributed by atoms with Gasteiger partial charge in [0.05, 0.1) is 17.0 Å². The highest BCUT2D eigenvalue weighted by atomic mass is 35.5. The Labute approximate surface area is 154 Å². The molecule has 0 spiro atoms. The largest absolute Gasteiger partial charge is 0.420 e. The van der Waals surface area contributed by atoms with E-state index in [9.17, 15) is 13.2 Å². The number of hydrogen-bond acceptors (Lipinski definition) is 4. The lowest BCUT2D eigenvalue weighted by Gasteiger charge is -2.11. The molecule has 0 saturated carbocycles. The van der Waals surface area contributed by atoms with Gasteiger partial charge in [-0.15, -0.1) is 0 Å². The van der Waals surface area contributed by atoms with Gasteiger partial charge >= 0.3 is 5.76 Å². The van der Waals surface area contributed by atoms with E-state index in [2.05, 4.69) is 0 Å². The maximum atomic E-state index is 12.2. The summed E-state index contributed by atoms with van der Waals surface area (Å²) >= 11 is 12.0. The van der Waals surface area contributed by atoms with E-state index >= 15 is 0 Å². The molecule has 3 rings (SSSR count). The average Bonchev–Trinajstić information content (AvgIpc) is 2.84. The second-order valence-electron chi connectivity index (χ2n) is 5.61. The van der Waals surface area contributed by atoms with Crippen molar-refractivity contribution in [3.63, 3.8) is 0 Å². The number of fused-ring (bicyclic) bond motifs is 1. The fraction of sp³-hybridized carbons (Fsp3) is 0.188. The lowest BCUT2D eigenvalue weighted by atomic mass is 10.2. The van der Waals surface area contributed by atoms with Gasteiger partial charge in [-0.3, -0.25) is 4.57 Å². The third-order valence-corrected chi connectivity index (χ3v) is 6.16. The molecule has 25 heavy (non-hydrogen) atoms. The summed E-state index contributed by atoms with van der Waals surface area (Å²) in [5.74, 6) is -0.597. The van der Waals surface area contributed by atoms with Crippen molar-refractivity contribution < 1.29 is 12.8 Å². The van der Waals surface area contributed by atoms with Gasteiger partial charge in [-0.2, -0.15) is 0 Å². The molecule has 0 unspecified atom stereocenters. The van der Waals surface area contributed by atoms with Crippen molar-refractivity contribution in [2.24, 2.45) is 0 Å². The van der Waals surface area contributed by atoms with Gasteiger partial charge in [0.2, 0.25) is 10.0 Å². The third kappa shape index (κ3) is 3.32. The van der Waals surface area contributed by atoms with Crippen LogP contribution in [0.1, 0.15) is 5.56 Å². The van der Waals surface area contributed by atoms with Gasteiger partial charge in [0.25, 0.3) is 0 Å². The Hall–Kier alpha value is -1.80. The number of benzene rings is 2. The second kappa shape index (κ2) is 6.49. The molecular formula is C16H14Cl2N2O4S. The number of nitrogens with zero attached hydrogens (tertiary/aromatic N) is 2. The van der Waals surface area contributed by atoms with E-state index in [1.54, 1.807) is 24.3 Å². The smallest absolute Gasteiger partial charge is 0.408 e. The molecule has 3 aromatic rings. The number of oxazole rings is 1. The van der Waals surface area contributed by atoms with Crippen molar-refractivity contribution in [2.45, 2.75) is 11.4 Å². The lowest BCUT2D eigenvalue weighted by Crippen LogP contribution is -2.22. The zero-order valence-corrected chi connectivity index (χ0v) is 15.7. The fourth-order valence-electron chi connectivity index (χ4n) is 2.39. The highest BCUT2D eigenvalue weighted by Crippen LogP contribution is 2.24. The first kappa shape index (κ1) is 18.0. The monoisotopic (exact) mass is 400 g/mol. The minimum absolute atomic E-state index is 0.0513. The third-order valence-electron chi connectivity index (χ3n) is 3.76. The van der Waals surface area contributed by atoms with Gasteiger partial charge in [-0.05, 0) is 29.8 Å². The average molecular weight is 401 g/mol. The molecule has 0 aliphatic rings. The van der Waals surface area contributed by atoms with E-state index < -0.39 is 15.8 Å². The standard InChI is InChI=1S/C16H14Cl2N2O4S/c1-19(2)25(22,23)12-5-6-14-15(8-12)24-16(21)20(14)9-10-3-4-11(17)7-13(10)18/h3-8H,9H2,1-2H3. The molecule has 0 N–H and O–H groups in total. The Balaban J connectivity index is 2.09. The maximum absolute atomic E-state index is 12.2. The fourth-order valence-corrected chi connectivity index (χ4v) is 3.77. The molecule has 0 atom stereocenters. The molecule has 6 nitrogen and oxygen atoms in total. The van der Waals surface area contributed by atoms with Crippen LogP contribution in [-0.2, 0) is 16.6 Å². The molecule has 2 aromatic carbocycles. The van der Waals surface area contributed by atoms with Crippen molar-refractivity contribution in [2.75, 3.05) is 14.1 Å². The summed E-state index contributed by atoms with van der Waals surface area (Å²) in [5, 5.41) is 0.928. The van der Waals surface area contributed by atoms with Gasteiger partial charge in [0.15, 0.2) is 5.58 Å². The summed E-state index contributed by atoms with van der Waals surface area (Å²) < 4.78 is 32.1. The first-order valence-electron chi connectivity index (χ1n) is 7.20. The molecule has 132 valence electrons. The molecule has 0 amide bonds. The van der Waals surface area contributed by atoms with E-state index in [4.69, 9.17) is 27.6 Å². The molecule has 0 aliphatic carbocycles. The van der Waals surface area contributed by atoms with Crippen molar-refractivity contribution in [1.82, 2.24) is 8.87 Å². The summed E-state index contributed by atoms with van der Waals surface area (Å²) in [7, 11) is -0.748. The topological polar surface area (TPSA) is 72.5 Å². The number of halogens is 2. The summed E-state index contributed by atoms with van der Waals surface area (Å²) in [6.07, 6.45) is 0. The minimum Gasteiger partial charge on any atom is -0.408 e. The number of rotatable bonds is 4. The zero-order chi connectivity index (χ0) is 18.4. The van der Waals surface area contributed by atoms with Crippen molar-refractivity contribution >= 4 is 44.3 Å². The van der Waals surface area contributed by atoms with E-state index in [1.807, 2.05) is 0 Å². The Morgan fingerprint density at radius 1 is 1.12 bits per heavy atom. The highest BCUT2D eigenvalue weighted by Gasteiger charge is 2.20. The van der Waals surface area contributed by atoms with Gasteiger partial charge in [0, 0.05) is 30.2 Å². The van der Waals surface area contributed by atoms with Crippen molar-refractivity contribution in [1.29, 1.82) is 0 Å². The van der Waals surface area contributed by atoms with Gasteiger partial charge < -0.3 is 4.42 Å². The van der Waals surface area contributed by atoms with Gasteiger partial charge in [-0.25, -0.2) is 17.5 Å². The van der Waals surface area contributed by atoms with E-state index in [0.717, 1.165) is 4.31 Å². The minimum atomic E-state index is -3.62. The summed E-state index contributed by atoms with van der Waals surface area (Å²) in [5.41, 5.74) is 1.37. The van der Waals surface area contributed by atoms with Crippen LogP contribution in [0.4, 0.5) is 0 Å². The Morgan fingerprint density at radius 2 is 1.84 bits per heavy atom. The van der Waals surface area contributed by atoms with Crippen LogP contribution < -0.4 is 5.76 Å². The molecule has 1 aromatic heterocycles. The first-order valence-corrected chi connectivity index (χ1v) is 9.39. The SMILES string of the molecule is CN(C)S(=O)(=O)c1ccc2c(c1)oc(=O)n2Cc1ccc(Cl)cc1Cl.